The lowest BCUT2D eigenvalue weighted by Crippen LogP contribution is -2.71. The van der Waals surface area contributed by atoms with Gasteiger partial charge in [0.05, 0.1) is 17.7 Å². The summed E-state index contributed by atoms with van der Waals surface area (Å²) in [6.07, 6.45) is 7.58. The fraction of sp³-hybridized carbons (Fsp3) is 0.600. The summed E-state index contributed by atoms with van der Waals surface area (Å²) in [5, 5.41) is 29.7. The molecule has 6 rings (SSSR count). The molecular weight excluding hydrogens is 404 g/mol. The van der Waals surface area contributed by atoms with Crippen LogP contribution in [0.1, 0.15) is 48.9 Å². The quantitative estimate of drug-likeness (QED) is 0.682. The normalized spacial score (nSPS) is 32.2. The molecule has 2 aromatic rings. The van der Waals surface area contributed by atoms with Gasteiger partial charge in [0.25, 0.3) is 0 Å². The largest absolute Gasteiger partial charge is 0.508 e. The van der Waals surface area contributed by atoms with Gasteiger partial charge in [-0.2, -0.15) is 5.10 Å². The minimum absolute atomic E-state index is 0.0651. The van der Waals surface area contributed by atoms with Crippen LogP contribution in [0.25, 0.3) is 0 Å². The first-order chi connectivity index (χ1) is 15.5. The molecule has 7 heteroatoms. The number of aromatic nitrogens is 2. The molecule has 1 aromatic heterocycles. The molecule has 1 aromatic carbocycles. The highest BCUT2D eigenvalue weighted by Crippen LogP contribution is 2.56. The van der Waals surface area contributed by atoms with E-state index in [0.717, 1.165) is 49.5 Å². The number of carbonyl (C=O) groups is 1. The van der Waals surface area contributed by atoms with Crippen molar-refractivity contribution in [2.24, 2.45) is 5.92 Å². The third kappa shape index (κ3) is 3.09. The molecule has 2 aliphatic heterocycles. The molecule has 3 unspecified atom stereocenters. The van der Waals surface area contributed by atoms with Crippen molar-refractivity contribution in [2.75, 3.05) is 26.2 Å². The van der Waals surface area contributed by atoms with Gasteiger partial charge in [0.1, 0.15) is 5.75 Å². The second-order valence-corrected chi connectivity index (χ2v) is 10.4. The number of phenolic OH excluding ortho intramolecular Hbond substituents is 1. The summed E-state index contributed by atoms with van der Waals surface area (Å²) in [7, 11) is 0. The van der Waals surface area contributed by atoms with Gasteiger partial charge in [-0.05, 0) is 80.3 Å². The van der Waals surface area contributed by atoms with E-state index >= 15 is 0 Å². The predicted octanol–water partition coefficient (Wildman–Crippen LogP) is 1.99. The van der Waals surface area contributed by atoms with E-state index in [-0.39, 0.29) is 24.1 Å². The molecular formula is C25H32N4O3. The number of phenols is 1. The zero-order valence-electron chi connectivity index (χ0n) is 18.5. The number of nitrogens with zero attached hydrogens (tertiary/aromatic N) is 3. The fourth-order valence-corrected chi connectivity index (χ4v) is 6.77. The van der Waals surface area contributed by atoms with Crippen molar-refractivity contribution in [3.63, 3.8) is 0 Å². The number of aliphatic hydroxyl groups is 1. The van der Waals surface area contributed by atoms with Gasteiger partial charge in [-0.3, -0.25) is 14.8 Å². The highest BCUT2D eigenvalue weighted by atomic mass is 16.3. The van der Waals surface area contributed by atoms with Crippen LogP contribution in [-0.4, -0.2) is 73.9 Å². The Bertz CT molecular complexity index is 1020. The topological polar surface area (TPSA) is 92.7 Å². The van der Waals surface area contributed by atoms with Crippen molar-refractivity contribution in [1.29, 1.82) is 0 Å². The van der Waals surface area contributed by atoms with Crippen LogP contribution in [0.4, 0.5) is 0 Å². The zero-order valence-corrected chi connectivity index (χ0v) is 18.5. The summed E-state index contributed by atoms with van der Waals surface area (Å²) >= 11 is 0. The van der Waals surface area contributed by atoms with Crippen LogP contribution in [-0.2, 0) is 23.1 Å². The molecule has 2 saturated heterocycles. The van der Waals surface area contributed by atoms with E-state index in [0.29, 0.717) is 19.5 Å². The number of rotatable bonds is 4. The van der Waals surface area contributed by atoms with Crippen LogP contribution in [0.5, 0.6) is 5.75 Å². The number of carbonyl (C=O) groups excluding carboxylic acids is 1. The molecule has 2 bridgehead atoms. The monoisotopic (exact) mass is 436 g/mol. The Morgan fingerprint density at radius 1 is 1.16 bits per heavy atom. The molecule has 3 N–H and O–H groups in total. The highest BCUT2D eigenvalue weighted by Gasteiger charge is 2.63. The fourth-order valence-electron chi connectivity index (χ4n) is 6.77. The number of amides is 1. The van der Waals surface area contributed by atoms with E-state index in [1.807, 2.05) is 23.1 Å². The summed E-state index contributed by atoms with van der Waals surface area (Å²) in [6, 6.07) is 7.61. The van der Waals surface area contributed by atoms with Crippen LogP contribution >= 0.6 is 0 Å². The third-order valence-corrected chi connectivity index (χ3v) is 8.67. The highest BCUT2D eigenvalue weighted by molar-refractivity contribution is 5.78. The first kappa shape index (κ1) is 20.2. The van der Waals surface area contributed by atoms with E-state index in [4.69, 9.17) is 0 Å². The molecule has 7 nitrogen and oxygen atoms in total. The summed E-state index contributed by atoms with van der Waals surface area (Å²) in [4.78, 5) is 17.5. The Kier molecular flexibility index (Phi) is 4.63. The first-order valence-electron chi connectivity index (χ1n) is 12.0. The van der Waals surface area contributed by atoms with E-state index in [9.17, 15) is 15.0 Å². The molecule has 0 radical (unpaired) electrons. The zero-order chi connectivity index (χ0) is 21.9. The van der Waals surface area contributed by atoms with Gasteiger partial charge < -0.3 is 15.1 Å². The van der Waals surface area contributed by atoms with Gasteiger partial charge in [-0.25, -0.2) is 0 Å². The van der Waals surface area contributed by atoms with Gasteiger partial charge >= 0.3 is 0 Å². The van der Waals surface area contributed by atoms with Crippen LogP contribution < -0.4 is 0 Å². The van der Waals surface area contributed by atoms with Gasteiger partial charge in [0, 0.05) is 37.3 Å². The predicted molar refractivity (Wildman–Crippen MR) is 119 cm³/mol. The maximum atomic E-state index is 13.1. The van der Waals surface area contributed by atoms with Crippen LogP contribution in [0.2, 0.25) is 0 Å². The molecule has 3 atom stereocenters. The Morgan fingerprint density at radius 2 is 1.97 bits per heavy atom. The minimum atomic E-state index is -0.900. The summed E-state index contributed by atoms with van der Waals surface area (Å²) in [6.45, 7) is 3.22. The molecule has 32 heavy (non-hydrogen) atoms. The van der Waals surface area contributed by atoms with Gasteiger partial charge in [-0.1, -0.05) is 6.07 Å². The second-order valence-electron chi connectivity index (χ2n) is 10.4. The van der Waals surface area contributed by atoms with Crippen molar-refractivity contribution in [3.05, 3.63) is 47.3 Å². The van der Waals surface area contributed by atoms with Crippen molar-refractivity contribution in [3.8, 4) is 5.75 Å². The van der Waals surface area contributed by atoms with E-state index < -0.39 is 11.0 Å². The SMILES string of the molecule is O=C(Cc1cc[nH]n1)N1CCC23CCN(CC4CC4)C(Cc4ccc(O)cc42)C3(O)CC1. The molecule has 0 spiro atoms. The number of piperidine rings is 1. The average Bonchev–Trinajstić information content (AvgIpc) is 3.48. The smallest absolute Gasteiger partial charge is 0.228 e. The number of fused-ring (bicyclic) bond motifs is 1. The van der Waals surface area contributed by atoms with Crippen molar-refractivity contribution in [1.82, 2.24) is 20.0 Å². The minimum Gasteiger partial charge on any atom is -0.508 e. The van der Waals surface area contributed by atoms with Crippen molar-refractivity contribution in [2.45, 2.75) is 62.0 Å². The van der Waals surface area contributed by atoms with Gasteiger partial charge in [-0.15, -0.1) is 0 Å². The van der Waals surface area contributed by atoms with Gasteiger partial charge in [0.15, 0.2) is 0 Å². The lowest BCUT2D eigenvalue weighted by Gasteiger charge is -2.61. The van der Waals surface area contributed by atoms with E-state index in [1.54, 1.807) is 12.3 Å². The number of hydrogen-bond donors (Lipinski definition) is 3. The molecule has 1 saturated carbocycles. The summed E-state index contributed by atoms with van der Waals surface area (Å²) in [5.74, 6) is 1.09. The Labute approximate surface area is 188 Å². The average molecular weight is 437 g/mol. The number of aromatic amines is 1. The number of nitrogens with one attached hydrogen (secondary N) is 1. The molecule has 2 aliphatic carbocycles. The number of H-pyrrole nitrogens is 1. The van der Waals surface area contributed by atoms with Crippen molar-refractivity contribution < 1.29 is 15.0 Å². The third-order valence-electron chi connectivity index (χ3n) is 8.67. The maximum absolute atomic E-state index is 13.1. The summed E-state index contributed by atoms with van der Waals surface area (Å²) in [5.41, 5.74) is 1.77. The number of hydrogen-bond acceptors (Lipinski definition) is 5. The number of aromatic hydroxyl groups is 1. The van der Waals surface area contributed by atoms with E-state index in [2.05, 4.69) is 15.1 Å². The lowest BCUT2D eigenvalue weighted by molar-refractivity contribution is -0.149. The second kappa shape index (κ2) is 7.32. The number of likely N-dealkylation sites (tertiary alicyclic amines) is 2. The van der Waals surface area contributed by atoms with Crippen molar-refractivity contribution >= 4 is 5.91 Å². The number of benzene rings is 1. The standard InChI is InChI=1S/C25H32N4O3/c30-20-4-3-18-13-22-25(32)8-12-28(23(31)14-19-5-9-26-27-19)10-6-24(25,21(18)15-20)7-11-29(22)16-17-1-2-17/h3-5,9,15,17,22,30,32H,1-2,6-8,10-14,16H2,(H,26,27). The Balaban J connectivity index is 1.36. The lowest BCUT2D eigenvalue weighted by atomic mass is 9.52. The van der Waals surface area contributed by atoms with Crippen LogP contribution in [0, 0.1) is 5.92 Å². The Hall–Kier alpha value is -2.38. The Morgan fingerprint density at radius 3 is 2.75 bits per heavy atom. The molecule has 4 aliphatic rings. The van der Waals surface area contributed by atoms with Crippen LogP contribution in [0.15, 0.2) is 30.5 Å². The summed E-state index contributed by atoms with van der Waals surface area (Å²) < 4.78 is 0. The first-order valence-corrected chi connectivity index (χ1v) is 12.0. The molecule has 170 valence electrons. The molecule has 1 amide bonds. The van der Waals surface area contributed by atoms with Gasteiger partial charge in [0.2, 0.25) is 5.91 Å². The molecule has 3 fully saturated rings. The van der Waals surface area contributed by atoms with E-state index in [1.165, 1.54) is 18.4 Å². The maximum Gasteiger partial charge on any atom is 0.228 e. The van der Waals surface area contributed by atoms with Crippen LogP contribution in [0.3, 0.4) is 0 Å². The molecule has 3 heterocycles.